The lowest BCUT2D eigenvalue weighted by molar-refractivity contribution is -0.254. The second kappa shape index (κ2) is 3.64. The van der Waals surface area contributed by atoms with E-state index in [0.29, 0.717) is 0 Å². The van der Waals surface area contributed by atoms with Gasteiger partial charge in [0.1, 0.15) is 0 Å². The van der Waals surface area contributed by atoms with E-state index in [0.717, 1.165) is 10.4 Å². The number of carboxylic acid groups (broad SMARTS) is 1. The van der Waals surface area contributed by atoms with E-state index in [1.165, 1.54) is 11.3 Å². The molecule has 0 aliphatic rings. The molecule has 0 amide bonds. The Morgan fingerprint density at radius 1 is 1.14 bits per heavy atom. The van der Waals surface area contributed by atoms with Crippen molar-refractivity contribution in [2.24, 2.45) is 0 Å². The molecule has 0 aliphatic heterocycles. The van der Waals surface area contributed by atoms with Gasteiger partial charge < -0.3 is 9.90 Å². The fraction of sp³-hybridized carbons (Fsp3) is 0. The standard InChI is InChI=1S/C11H8O2S/c12-11(13)9-6-7-14-10(9)8-4-2-1-3-5-8/h1-7H,(H,12,13)/p-1. The molecule has 1 aromatic heterocycles. The highest BCUT2D eigenvalue weighted by molar-refractivity contribution is 7.14. The summed E-state index contributed by atoms with van der Waals surface area (Å²) in [7, 11) is 0. The third-order valence-electron chi connectivity index (χ3n) is 1.92. The van der Waals surface area contributed by atoms with Gasteiger partial charge in [0.05, 0.1) is 5.97 Å². The van der Waals surface area contributed by atoms with E-state index in [1.807, 2.05) is 30.3 Å². The van der Waals surface area contributed by atoms with Gasteiger partial charge in [0, 0.05) is 10.4 Å². The van der Waals surface area contributed by atoms with E-state index in [-0.39, 0.29) is 5.56 Å². The number of carbonyl (C=O) groups excluding carboxylic acids is 1. The Kier molecular flexibility index (Phi) is 2.33. The van der Waals surface area contributed by atoms with E-state index in [2.05, 4.69) is 0 Å². The minimum Gasteiger partial charge on any atom is -0.545 e. The molecule has 0 spiro atoms. The molecule has 0 unspecified atom stereocenters. The summed E-state index contributed by atoms with van der Waals surface area (Å²) in [6.45, 7) is 0. The first-order valence-corrected chi connectivity index (χ1v) is 5.01. The van der Waals surface area contributed by atoms with Crippen molar-refractivity contribution < 1.29 is 9.90 Å². The van der Waals surface area contributed by atoms with Crippen LogP contribution in [-0.2, 0) is 0 Å². The van der Waals surface area contributed by atoms with Crippen LogP contribution in [0.4, 0.5) is 0 Å². The molecule has 0 radical (unpaired) electrons. The molecule has 14 heavy (non-hydrogen) atoms. The SMILES string of the molecule is O=C([O-])c1ccsc1-c1ccccc1. The lowest BCUT2D eigenvalue weighted by atomic mass is 10.1. The van der Waals surface area contributed by atoms with Crippen LogP contribution in [0.3, 0.4) is 0 Å². The minimum atomic E-state index is -1.12. The van der Waals surface area contributed by atoms with Crippen LogP contribution in [-0.4, -0.2) is 5.97 Å². The van der Waals surface area contributed by atoms with Crippen LogP contribution in [0.25, 0.3) is 10.4 Å². The van der Waals surface area contributed by atoms with Gasteiger partial charge in [-0.15, -0.1) is 11.3 Å². The first-order valence-electron chi connectivity index (χ1n) is 4.13. The molecule has 1 heterocycles. The summed E-state index contributed by atoms with van der Waals surface area (Å²) in [4.78, 5) is 11.5. The van der Waals surface area contributed by atoms with Crippen LogP contribution < -0.4 is 5.11 Å². The third kappa shape index (κ3) is 1.54. The van der Waals surface area contributed by atoms with E-state index in [4.69, 9.17) is 0 Å². The smallest absolute Gasteiger partial charge is 0.0730 e. The molecular weight excluding hydrogens is 196 g/mol. The third-order valence-corrected chi connectivity index (χ3v) is 2.88. The average Bonchev–Trinajstić information content (AvgIpc) is 2.67. The van der Waals surface area contributed by atoms with E-state index in [1.54, 1.807) is 11.4 Å². The average molecular weight is 203 g/mol. The molecule has 0 N–H and O–H groups in total. The molecule has 0 saturated heterocycles. The molecule has 0 fully saturated rings. The number of hydrogen-bond acceptors (Lipinski definition) is 3. The van der Waals surface area contributed by atoms with Crippen molar-refractivity contribution in [3.63, 3.8) is 0 Å². The number of thiophene rings is 1. The van der Waals surface area contributed by atoms with Crippen molar-refractivity contribution in [2.45, 2.75) is 0 Å². The summed E-state index contributed by atoms with van der Waals surface area (Å²) in [5.41, 5.74) is 1.18. The maximum absolute atomic E-state index is 10.8. The van der Waals surface area contributed by atoms with Gasteiger partial charge in [-0.1, -0.05) is 30.3 Å². The Morgan fingerprint density at radius 2 is 1.86 bits per heavy atom. The van der Waals surface area contributed by atoms with Crippen LogP contribution in [0.1, 0.15) is 10.4 Å². The predicted molar refractivity (Wildman–Crippen MR) is 54.1 cm³/mol. The summed E-state index contributed by atoms with van der Waals surface area (Å²) in [6.07, 6.45) is 0. The van der Waals surface area contributed by atoms with Gasteiger partial charge in [-0.2, -0.15) is 0 Å². The topological polar surface area (TPSA) is 40.1 Å². The highest BCUT2D eigenvalue weighted by Crippen LogP contribution is 2.28. The Balaban J connectivity index is 2.52. The van der Waals surface area contributed by atoms with Crippen molar-refractivity contribution in [1.29, 1.82) is 0 Å². The molecule has 3 heteroatoms. The van der Waals surface area contributed by atoms with Crippen molar-refractivity contribution in [2.75, 3.05) is 0 Å². The molecule has 0 atom stereocenters. The summed E-state index contributed by atoms with van der Waals surface area (Å²) in [5.74, 6) is -1.12. The van der Waals surface area contributed by atoms with Crippen LogP contribution in [0, 0.1) is 0 Å². The molecule has 0 saturated carbocycles. The van der Waals surface area contributed by atoms with Gasteiger partial charge in [-0.25, -0.2) is 0 Å². The van der Waals surface area contributed by atoms with Crippen LogP contribution >= 0.6 is 11.3 Å². The Labute approximate surface area is 85.4 Å². The first kappa shape index (κ1) is 8.97. The summed E-state index contributed by atoms with van der Waals surface area (Å²) < 4.78 is 0. The Morgan fingerprint density at radius 3 is 2.50 bits per heavy atom. The zero-order valence-electron chi connectivity index (χ0n) is 7.27. The Hall–Kier alpha value is -1.61. The number of hydrogen-bond donors (Lipinski definition) is 0. The van der Waals surface area contributed by atoms with Crippen LogP contribution in [0.2, 0.25) is 0 Å². The van der Waals surface area contributed by atoms with Gasteiger partial charge >= 0.3 is 0 Å². The lowest BCUT2D eigenvalue weighted by Crippen LogP contribution is -2.22. The molecule has 2 aromatic rings. The fourth-order valence-corrected chi connectivity index (χ4v) is 2.17. The summed E-state index contributed by atoms with van der Waals surface area (Å²) >= 11 is 1.41. The molecule has 2 nitrogen and oxygen atoms in total. The van der Waals surface area contributed by atoms with Crippen molar-refractivity contribution >= 4 is 17.3 Å². The fourth-order valence-electron chi connectivity index (χ4n) is 1.28. The largest absolute Gasteiger partial charge is 0.545 e. The number of benzene rings is 1. The molecule has 2 rings (SSSR count). The highest BCUT2D eigenvalue weighted by atomic mass is 32.1. The second-order valence-electron chi connectivity index (χ2n) is 2.82. The number of aromatic carboxylic acids is 1. The second-order valence-corrected chi connectivity index (χ2v) is 3.73. The number of carbonyl (C=O) groups is 1. The molecule has 0 aliphatic carbocycles. The van der Waals surface area contributed by atoms with Gasteiger partial charge in [0.25, 0.3) is 0 Å². The minimum absolute atomic E-state index is 0.265. The monoisotopic (exact) mass is 203 g/mol. The maximum Gasteiger partial charge on any atom is 0.0730 e. The first-order chi connectivity index (χ1) is 6.79. The molecular formula is C11H7O2S-. The summed E-state index contributed by atoms with van der Waals surface area (Å²) in [5, 5.41) is 12.5. The normalized spacial score (nSPS) is 10.0. The highest BCUT2D eigenvalue weighted by Gasteiger charge is 2.06. The van der Waals surface area contributed by atoms with Crippen LogP contribution in [0.15, 0.2) is 41.8 Å². The number of rotatable bonds is 2. The van der Waals surface area contributed by atoms with E-state index >= 15 is 0 Å². The van der Waals surface area contributed by atoms with Crippen molar-refractivity contribution in [3.05, 3.63) is 47.3 Å². The van der Waals surface area contributed by atoms with Gasteiger partial charge in [-0.05, 0) is 17.0 Å². The van der Waals surface area contributed by atoms with Crippen LogP contribution in [0.5, 0.6) is 0 Å². The lowest BCUT2D eigenvalue weighted by Gasteiger charge is -2.03. The molecule has 0 bridgehead atoms. The van der Waals surface area contributed by atoms with E-state index < -0.39 is 5.97 Å². The number of carboxylic acids is 1. The summed E-state index contributed by atoms with van der Waals surface area (Å²) in [6, 6.07) is 11.0. The van der Waals surface area contributed by atoms with Gasteiger partial charge in [0.2, 0.25) is 0 Å². The quantitative estimate of drug-likeness (QED) is 0.746. The van der Waals surface area contributed by atoms with Crippen molar-refractivity contribution in [1.82, 2.24) is 0 Å². The predicted octanol–water partition coefficient (Wildman–Crippen LogP) is 1.78. The maximum atomic E-state index is 10.8. The molecule has 70 valence electrons. The van der Waals surface area contributed by atoms with Gasteiger partial charge in [-0.3, -0.25) is 0 Å². The zero-order valence-corrected chi connectivity index (χ0v) is 8.08. The zero-order chi connectivity index (χ0) is 9.97. The van der Waals surface area contributed by atoms with Gasteiger partial charge in [0.15, 0.2) is 0 Å². The molecule has 1 aromatic carbocycles. The Bertz CT molecular complexity index is 445. The van der Waals surface area contributed by atoms with E-state index in [9.17, 15) is 9.90 Å². The van der Waals surface area contributed by atoms with Crippen molar-refractivity contribution in [3.8, 4) is 10.4 Å².